The number of fused-ring (bicyclic) bond motifs is 6. The topological polar surface area (TPSA) is 33.4 Å². The molecule has 90 valence electrons. The van der Waals surface area contributed by atoms with Crippen molar-refractivity contribution in [2.75, 3.05) is 7.05 Å². The minimum absolute atomic E-state index is 0.547. The number of nitrogens with zero attached hydrogens (tertiary/aromatic N) is 4. The smallest absolute Gasteiger partial charge is 0.212 e. The SMILES string of the molecule is CCc1nn2c3c(nc2s1)CC1CCC3N1C. The fraction of sp³-hybridized carbons (Fsp3) is 0.667. The maximum absolute atomic E-state index is 4.79. The van der Waals surface area contributed by atoms with Gasteiger partial charge < -0.3 is 0 Å². The second-order valence-electron chi connectivity index (χ2n) is 5.10. The van der Waals surface area contributed by atoms with Crippen molar-refractivity contribution in [2.45, 2.75) is 44.7 Å². The Kier molecular flexibility index (Phi) is 1.94. The summed E-state index contributed by atoms with van der Waals surface area (Å²) in [5, 5.41) is 5.89. The highest BCUT2D eigenvalue weighted by molar-refractivity contribution is 7.16. The summed E-state index contributed by atoms with van der Waals surface area (Å²) in [6.07, 6.45) is 4.69. The van der Waals surface area contributed by atoms with Gasteiger partial charge in [-0.05, 0) is 26.3 Å². The molecule has 4 heterocycles. The van der Waals surface area contributed by atoms with Crippen LogP contribution in [0.4, 0.5) is 0 Å². The molecule has 0 saturated carbocycles. The molecule has 0 N–H and O–H groups in total. The summed E-state index contributed by atoms with van der Waals surface area (Å²) in [6, 6.07) is 1.26. The third-order valence-electron chi connectivity index (χ3n) is 4.24. The van der Waals surface area contributed by atoms with Gasteiger partial charge in [-0.25, -0.2) is 9.50 Å². The summed E-state index contributed by atoms with van der Waals surface area (Å²) in [6.45, 7) is 2.16. The van der Waals surface area contributed by atoms with Crippen molar-refractivity contribution in [1.29, 1.82) is 0 Å². The summed E-state index contributed by atoms with van der Waals surface area (Å²) in [5.41, 5.74) is 2.67. The van der Waals surface area contributed by atoms with E-state index in [4.69, 9.17) is 10.1 Å². The molecule has 17 heavy (non-hydrogen) atoms. The molecule has 1 fully saturated rings. The molecule has 0 amide bonds. The van der Waals surface area contributed by atoms with Gasteiger partial charge in [0.15, 0.2) is 0 Å². The van der Waals surface area contributed by atoms with Crippen LogP contribution in [0.2, 0.25) is 0 Å². The second-order valence-corrected chi connectivity index (χ2v) is 6.14. The van der Waals surface area contributed by atoms with Crippen LogP contribution in [-0.2, 0) is 12.8 Å². The number of aryl methyl sites for hydroxylation is 1. The Labute approximate surface area is 104 Å². The molecule has 1 saturated heterocycles. The van der Waals surface area contributed by atoms with Crippen LogP contribution in [0.1, 0.15) is 42.2 Å². The Morgan fingerprint density at radius 1 is 1.41 bits per heavy atom. The monoisotopic (exact) mass is 248 g/mol. The van der Waals surface area contributed by atoms with E-state index in [-0.39, 0.29) is 0 Å². The Morgan fingerprint density at radius 2 is 2.29 bits per heavy atom. The summed E-state index contributed by atoms with van der Waals surface area (Å²) in [7, 11) is 2.25. The molecule has 2 unspecified atom stereocenters. The average molecular weight is 248 g/mol. The third-order valence-corrected chi connectivity index (χ3v) is 5.30. The lowest BCUT2D eigenvalue weighted by atomic mass is 10.0. The van der Waals surface area contributed by atoms with Crippen molar-refractivity contribution >= 4 is 16.3 Å². The van der Waals surface area contributed by atoms with E-state index >= 15 is 0 Å². The van der Waals surface area contributed by atoms with Gasteiger partial charge in [0.2, 0.25) is 4.96 Å². The van der Waals surface area contributed by atoms with Crippen molar-refractivity contribution in [3.63, 3.8) is 0 Å². The zero-order valence-corrected chi connectivity index (χ0v) is 11.0. The van der Waals surface area contributed by atoms with E-state index in [0.29, 0.717) is 12.1 Å². The van der Waals surface area contributed by atoms with Crippen LogP contribution < -0.4 is 0 Å². The van der Waals surface area contributed by atoms with Crippen LogP contribution in [0.25, 0.3) is 4.96 Å². The van der Waals surface area contributed by atoms with Gasteiger partial charge in [0.1, 0.15) is 5.01 Å². The van der Waals surface area contributed by atoms with Gasteiger partial charge in [-0.2, -0.15) is 5.10 Å². The van der Waals surface area contributed by atoms with Gasteiger partial charge in [-0.15, -0.1) is 0 Å². The minimum Gasteiger partial charge on any atom is -0.294 e. The quantitative estimate of drug-likeness (QED) is 0.774. The van der Waals surface area contributed by atoms with Gasteiger partial charge in [0.05, 0.1) is 17.4 Å². The lowest BCUT2D eigenvalue weighted by Crippen LogP contribution is -2.34. The van der Waals surface area contributed by atoms with Gasteiger partial charge in [-0.1, -0.05) is 18.3 Å². The Balaban J connectivity index is 1.95. The summed E-state index contributed by atoms with van der Waals surface area (Å²) < 4.78 is 2.11. The van der Waals surface area contributed by atoms with Gasteiger partial charge >= 0.3 is 0 Å². The molecule has 0 aliphatic carbocycles. The molecule has 2 aromatic rings. The minimum atomic E-state index is 0.547. The first-order valence-corrected chi connectivity index (χ1v) is 7.18. The van der Waals surface area contributed by atoms with Gasteiger partial charge in [-0.3, -0.25) is 4.90 Å². The lowest BCUT2D eigenvalue weighted by Gasteiger charge is -2.30. The van der Waals surface area contributed by atoms with Crippen LogP contribution in [0.3, 0.4) is 0 Å². The van der Waals surface area contributed by atoms with Crippen LogP contribution in [0.5, 0.6) is 0 Å². The van der Waals surface area contributed by atoms with Crippen LogP contribution in [0, 0.1) is 0 Å². The molecule has 2 bridgehead atoms. The van der Waals surface area contributed by atoms with Crippen molar-refractivity contribution < 1.29 is 0 Å². The summed E-state index contributed by atoms with van der Waals surface area (Å²) in [5.74, 6) is 0. The van der Waals surface area contributed by atoms with Crippen molar-refractivity contribution in [3.8, 4) is 0 Å². The molecule has 4 rings (SSSR count). The molecule has 4 nitrogen and oxygen atoms in total. The third kappa shape index (κ3) is 1.21. The highest BCUT2D eigenvalue weighted by Crippen LogP contribution is 2.42. The maximum atomic E-state index is 4.79. The van der Waals surface area contributed by atoms with Crippen molar-refractivity contribution in [1.82, 2.24) is 19.5 Å². The highest BCUT2D eigenvalue weighted by atomic mass is 32.1. The number of rotatable bonds is 1. The molecular formula is C12H16N4S. The first kappa shape index (κ1) is 10.0. The van der Waals surface area contributed by atoms with Gasteiger partial charge in [0.25, 0.3) is 0 Å². The Morgan fingerprint density at radius 3 is 3.12 bits per heavy atom. The first-order chi connectivity index (χ1) is 8.28. The molecule has 2 aliphatic rings. The highest BCUT2D eigenvalue weighted by Gasteiger charge is 2.41. The fourth-order valence-electron chi connectivity index (χ4n) is 3.28. The predicted molar refractivity (Wildman–Crippen MR) is 67.5 cm³/mol. The van der Waals surface area contributed by atoms with Crippen LogP contribution >= 0.6 is 11.3 Å². The number of hydrogen-bond acceptors (Lipinski definition) is 4. The largest absolute Gasteiger partial charge is 0.294 e. The van der Waals surface area contributed by atoms with E-state index in [0.717, 1.165) is 17.8 Å². The van der Waals surface area contributed by atoms with E-state index in [1.807, 2.05) is 0 Å². The van der Waals surface area contributed by atoms with Crippen LogP contribution in [-0.4, -0.2) is 32.6 Å². The summed E-state index contributed by atoms with van der Waals surface area (Å²) >= 11 is 1.74. The van der Waals surface area contributed by atoms with E-state index in [9.17, 15) is 0 Å². The molecule has 0 radical (unpaired) electrons. The molecule has 0 spiro atoms. The van der Waals surface area contributed by atoms with Crippen LogP contribution in [0.15, 0.2) is 0 Å². The molecular weight excluding hydrogens is 232 g/mol. The Bertz CT molecular complexity index is 585. The first-order valence-electron chi connectivity index (χ1n) is 6.37. The molecule has 5 heteroatoms. The zero-order chi connectivity index (χ0) is 11.6. The number of aromatic nitrogens is 3. The number of hydrogen-bond donors (Lipinski definition) is 0. The lowest BCUT2D eigenvalue weighted by molar-refractivity contribution is 0.217. The fourth-order valence-corrected chi connectivity index (χ4v) is 4.14. The predicted octanol–water partition coefficient (Wildman–Crippen LogP) is 2.04. The van der Waals surface area contributed by atoms with E-state index in [1.165, 1.54) is 29.2 Å². The second kappa shape index (κ2) is 3.29. The molecule has 2 aromatic heterocycles. The summed E-state index contributed by atoms with van der Waals surface area (Å²) in [4.78, 5) is 8.40. The molecule has 2 atom stereocenters. The number of imidazole rings is 1. The number of likely N-dealkylation sites (N-methyl/N-ethyl adjacent to an activating group) is 1. The van der Waals surface area contributed by atoms with Crippen molar-refractivity contribution in [3.05, 3.63) is 16.4 Å². The Hall–Kier alpha value is -0.940. The molecule has 0 aromatic carbocycles. The zero-order valence-electron chi connectivity index (χ0n) is 10.2. The molecule has 2 aliphatic heterocycles. The van der Waals surface area contributed by atoms with Crippen molar-refractivity contribution in [2.24, 2.45) is 0 Å². The standard InChI is InChI=1S/C12H16N4S/c1-3-10-14-16-11-8(13-12(16)17-10)6-7-4-5-9(11)15(7)2/h7,9H,3-6H2,1-2H3. The van der Waals surface area contributed by atoms with E-state index in [1.54, 1.807) is 11.3 Å². The normalized spacial score (nSPS) is 27.9. The van der Waals surface area contributed by atoms with E-state index in [2.05, 4.69) is 23.4 Å². The van der Waals surface area contributed by atoms with Gasteiger partial charge in [0, 0.05) is 12.5 Å². The van der Waals surface area contributed by atoms with E-state index < -0.39 is 0 Å². The average Bonchev–Trinajstić information content (AvgIpc) is 2.91. The maximum Gasteiger partial charge on any atom is 0.212 e.